The average molecular weight is 607 g/mol. The van der Waals surface area contributed by atoms with Crippen molar-refractivity contribution in [2.45, 2.75) is 97.3 Å². The molecule has 1 aliphatic rings. The maximum atomic E-state index is 13.7. The van der Waals surface area contributed by atoms with Gasteiger partial charge in [-0.05, 0) is 49.0 Å². The van der Waals surface area contributed by atoms with Gasteiger partial charge in [-0.2, -0.15) is 0 Å². The molecule has 0 bridgehead atoms. The van der Waals surface area contributed by atoms with Crippen molar-refractivity contribution in [3.63, 3.8) is 0 Å². The number of benzene rings is 1. The molecule has 238 valence electrons. The van der Waals surface area contributed by atoms with Crippen LogP contribution >= 0.6 is 0 Å². The first-order valence-corrected chi connectivity index (χ1v) is 14.4. The second-order valence-electron chi connectivity index (χ2n) is 10.6. The third kappa shape index (κ3) is 11.4. The summed E-state index contributed by atoms with van der Waals surface area (Å²) in [5.41, 5.74) is 0.734. The maximum Gasteiger partial charge on any atom is 0.303 e. The molecule has 1 aromatic rings. The van der Waals surface area contributed by atoms with Crippen LogP contribution in [0.1, 0.15) is 65.9 Å². The van der Waals surface area contributed by atoms with Crippen molar-refractivity contribution in [3.8, 4) is 0 Å². The van der Waals surface area contributed by atoms with Gasteiger partial charge in [0, 0.05) is 41.0 Å². The minimum Gasteiger partial charge on any atom is -0.455 e. The summed E-state index contributed by atoms with van der Waals surface area (Å²) in [6.07, 6.45) is -0.0401. The summed E-state index contributed by atoms with van der Waals surface area (Å²) < 4.78 is 35.3. The molecule has 43 heavy (non-hydrogen) atoms. The van der Waals surface area contributed by atoms with Gasteiger partial charge in [0.25, 0.3) is 5.91 Å². The number of likely N-dealkylation sites (tertiary alicyclic amines) is 1. The summed E-state index contributed by atoms with van der Waals surface area (Å²) in [5, 5.41) is 2.71. The SMILES string of the molecule is CCC(C)C=C[C@@H](OC(C)=O)[C@H](OC(C)=O)[C@@H](OC(C)=O)[C@@H](OC)C(=O)NC1CCCCN(Cc2ccc(F)cc2)C1=O. The smallest absolute Gasteiger partial charge is 0.303 e. The molecule has 0 aliphatic carbocycles. The second-order valence-corrected chi connectivity index (χ2v) is 10.6. The van der Waals surface area contributed by atoms with E-state index in [0.717, 1.165) is 25.8 Å². The Morgan fingerprint density at radius 2 is 1.58 bits per heavy atom. The van der Waals surface area contributed by atoms with Gasteiger partial charge in [0.05, 0.1) is 0 Å². The van der Waals surface area contributed by atoms with E-state index >= 15 is 0 Å². The maximum absolute atomic E-state index is 13.7. The monoisotopic (exact) mass is 606 g/mol. The molecule has 0 saturated carbocycles. The highest BCUT2D eigenvalue weighted by Gasteiger charge is 2.45. The summed E-state index contributed by atoms with van der Waals surface area (Å²) in [6, 6.07) is 4.89. The lowest BCUT2D eigenvalue weighted by Crippen LogP contribution is -2.58. The average Bonchev–Trinajstić information content (AvgIpc) is 3.11. The minimum absolute atomic E-state index is 0.0730. The first-order valence-electron chi connectivity index (χ1n) is 14.4. The van der Waals surface area contributed by atoms with Crippen LogP contribution in [0.2, 0.25) is 0 Å². The van der Waals surface area contributed by atoms with Crippen molar-refractivity contribution >= 4 is 29.7 Å². The lowest BCUT2D eigenvalue weighted by molar-refractivity contribution is -0.192. The highest BCUT2D eigenvalue weighted by atomic mass is 19.1. The molecular weight excluding hydrogens is 563 g/mol. The number of halogens is 1. The molecule has 1 N–H and O–H groups in total. The number of esters is 3. The quantitative estimate of drug-likeness (QED) is 0.192. The Bertz CT molecular complexity index is 1140. The lowest BCUT2D eigenvalue weighted by atomic mass is 9.98. The number of hydrogen-bond donors (Lipinski definition) is 1. The number of ether oxygens (including phenoxy) is 4. The zero-order valence-electron chi connectivity index (χ0n) is 25.7. The lowest BCUT2D eigenvalue weighted by Gasteiger charge is -2.34. The second kappa shape index (κ2) is 17.3. The van der Waals surface area contributed by atoms with E-state index in [4.69, 9.17) is 18.9 Å². The number of carbonyl (C=O) groups is 5. The van der Waals surface area contributed by atoms with Crippen molar-refractivity contribution < 1.29 is 47.3 Å². The molecule has 1 fully saturated rings. The van der Waals surface area contributed by atoms with E-state index in [-0.39, 0.29) is 24.2 Å². The fourth-order valence-corrected chi connectivity index (χ4v) is 4.70. The number of nitrogens with zero attached hydrogens (tertiary/aromatic N) is 1. The zero-order chi connectivity index (χ0) is 32.1. The van der Waals surface area contributed by atoms with Gasteiger partial charge < -0.3 is 29.2 Å². The standard InChI is InChI=1S/C31H43FN2O9/c1-7-19(2)11-16-26(41-20(3)35)27(42-21(4)36)28(43-22(5)37)29(40-6)30(38)33-25-10-8-9-17-34(31(25)39)18-23-12-14-24(32)15-13-23/h11-16,19,25-29H,7-10,17-18H2,1-6H3,(H,33,38)/t19?,25?,26-,27+,28-,29-/m1/s1. The molecular formula is C31H43FN2O9. The number of rotatable bonds is 14. The molecule has 1 heterocycles. The highest BCUT2D eigenvalue weighted by molar-refractivity contribution is 5.90. The predicted molar refractivity (Wildman–Crippen MR) is 154 cm³/mol. The zero-order valence-corrected chi connectivity index (χ0v) is 25.7. The molecule has 1 aromatic carbocycles. The van der Waals surface area contributed by atoms with Crippen molar-refractivity contribution in [2.24, 2.45) is 5.92 Å². The molecule has 1 aliphatic heterocycles. The van der Waals surface area contributed by atoms with Crippen LogP contribution in [0.25, 0.3) is 0 Å². The minimum atomic E-state index is -1.55. The van der Waals surface area contributed by atoms with Crippen LogP contribution in [0.4, 0.5) is 4.39 Å². The largest absolute Gasteiger partial charge is 0.455 e. The van der Waals surface area contributed by atoms with Gasteiger partial charge >= 0.3 is 17.9 Å². The Labute approximate surface area is 252 Å². The van der Waals surface area contributed by atoms with Crippen LogP contribution in [0.15, 0.2) is 36.4 Å². The fraction of sp³-hybridized carbons (Fsp3) is 0.581. The fourth-order valence-electron chi connectivity index (χ4n) is 4.70. The van der Waals surface area contributed by atoms with Gasteiger partial charge in [-0.1, -0.05) is 38.5 Å². The normalized spacial score (nSPS) is 19.0. The van der Waals surface area contributed by atoms with Crippen LogP contribution in [-0.4, -0.2) is 78.7 Å². The molecule has 1 saturated heterocycles. The first-order chi connectivity index (χ1) is 20.4. The summed E-state index contributed by atoms with van der Waals surface area (Å²) in [7, 11) is 1.21. The topological polar surface area (TPSA) is 138 Å². The summed E-state index contributed by atoms with van der Waals surface area (Å²) >= 11 is 0. The van der Waals surface area contributed by atoms with Crippen molar-refractivity contribution in [1.82, 2.24) is 10.2 Å². The van der Waals surface area contributed by atoms with Crippen LogP contribution in [-0.2, 0) is 49.5 Å². The third-order valence-electron chi connectivity index (χ3n) is 7.02. The van der Waals surface area contributed by atoms with Gasteiger partial charge in [-0.25, -0.2) is 4.39 Å². The molecule has 0 spiro atoms. The predicted octanol–water partition coefficient (Wildman–Crippen LogP) is 3.24. The molecule has 0 aromatic heterocycles. The number of methoxy groups -OCH3 is 1. The molecule has 2 amide bonds. The summed E-state index contributed by atoms with van der Waals surface area (Å²) in [4.78, 5) is 65.1. The van der Waals surface area contributed by atoms with E-state index in [1.54, 1.807) is 23.1 Å². The van der Waals surface area contributed by atoms with E-state index in [9.17, 15) is 28.4 Å². The van der Waals surface area contributed by atoms with E-state index in [2.05, 4.69) is 5.32 Å². The van der Waals surface area contributed by atoms with Crippen molar-refractivity contribution in [1.29, 1.82) is 0 Å². The van der Waals surface area contributed by atoms with Crippen molar-refractivity contribution in [3.05, 3.63) is 47.8 Å². The van der Waals surface area contributed by atoms with E-state index in [1.807, 2.05) is 13.8 Å². The Morgan fingerprint density at radius 1 is 0.977 bits per heavy atom. The molecule has 12 heteroatoms. The van der Waals surface area contributed by atoms with Gasteiger partial charge in [0.2, 0.25) is 5.91 Å². The van der Waals surface area contributed by atoms with Crippen molar-refractivity contribution in [2.75, 3.05) is 13.7 Å². The van der Waals surface area contributed by atoms with Gasteiger partial charge in [0.15, 0.2) is 24.4 Å². The number of hydrogen-bond acceptors (Lipinski definition) is 9. The number of carbonyl (C=O) groups excluding carboxylic acids is 5. The first kappa shape index (κ1) is 35.4. The number of nitrogens with one attached hydrogen (secondary N) is 1. The van der Waals surface area contributed by atoms with Crippen LogP contribution < -0.4 is 5.32 Å². The van der Waals surface area contributed by atoms with E-state index in [1.165, 1.54) is 32.2 Å². The Hall–Kier alpha value is -3.80. The summed E-state index contributed by atoms with van der Waals surface area (Å²) in [5.74, 6) is -3.71. The highest BCUT2D eigenvalue weighted by Crippen LogP contribution is 2.22. The van der Waals surface area contributed by atoms with Crippen LogP contribution in [0, 0.1) is 11.7 Å². The molecule has 2 unspecified atom stereocenters. The number of amides is 2. The number of allylic oxidation sites excluding steroid dienone is 1. The van der Waals surface area contributed by atoms with Gasteiger partial charge in [-0.3, -0.25) is 24.0 Å². The molecule has 0 radical (unpaired) electrons. The van der Waals surface area contributed by atoms with Crippen LogP contribution in [0.5, 0.6) is 0 Å². The van der Waals surface area contributed by atoms with Gasteiger partial charge in [0.1, 0.15) is 11.9 Å². The van der Waals surface area contributed by atoms with E-state index < -0.39 is 54.3 Å². The molecule has 6 atom stereocenters. The Morgan fingerprint density at radius 3 is 2.14 bits per heavy atom. The van der Waals surface area contributed by atoms with E-state index in [0.29, 0.717) is 25.8 Å². The Kier molecular flexibility index (Phi) is 14.3. The Balaban J connectivity index is 2.39. The van der Waals surface area contributed by atoms with Crippen LogP contribution in [0.3, 0.4) is 0 Å². The molecule has 2 rings (SSSR count). The third-order valence-corrected chi connectivity index (χ3v) is 7.02. The molecule has 11 nitrogen and oxygen atoms in total. The van der Waals surface area contributed by atoms with Gasteiger partial charge in [-0.15, -0.1) is 0 Å². The summed E-state index contributed by atoms with van der Waals surface area (Å²) in [6.45, 7) is 7.99.